The fourth-order valence-corrected chi connectivity index (χ4v) is 6.72. The van der Waals surface area contributed by atoms with Crippen molar-refractivity contribution in [2.24, 2.45) is 5.73 Å². The highest BCUT2D eigenvalue weighted by atomic mass is 19.2. The van der Waals surface area contributed by atoms with Crippen LogP contribution in [0.5, 0.6) is 0 Å². The third kappa shape index (κ3) is 6.06. The zero-order valence-electron chi connectivity index (χ0n) is 27.1. The molecule has 0 saturated carbocycles. The van der Waals surface area contributed by atoms with Crippen molar-refractivity contribution >= 4 is 16.7 Å². The van der Waals surface area contributed by atoms with E-state index in [1.54, 1.807) is 43.3 Å². The molecule has 4 aromatic carbocycles. The molecule has 250 valence electrons. The highest BCUT2D eigenvalue weighted by Gasteiger charge is 2.31. The summed E-state index contributed by atoms with van der Waals surface area (Å²) < 4.78 is 84.6. The lowest BCUT2D eigenvalue weighted by atomic mass is 9.87. The maximum Gasteiger partial charge on any atom is 0.194 e. The van der Waals surface area contributed by atoms with Crippen LogP contribution in [0, 0.1) is 57.6 Å². The molecular weight excluding hydrogens is 648 g/mol. The van der Waals surface area contributed by atoms with Gasteiger partial charge in [-0.3, -0.25) is 0 Å². The second kappa shape index (κ2) is 13.7. The van der Waals surface area contributed by atoms with Crippen molar-refractivity contribution in [1.82, 2.24) is 0 Å². The smallest absolute Gasteiger partial charge is 0.194 e. The molecule has 50 heavy (non-hydrogen) atoms. The number of fused-ring (bicyclic) bond motifs is 4. The molecular formula is C41H29F6N3. The second-order valence-corrected chi connectivity index (χ2v) is 12.3. The number of nitrogens with two attached hydrogens (primary N) is 1. The number of hydrogen-bond donors (Lipinski definition) is 1. The average molecular weight is 678 g/mol. The molecule has 0 spiro atoms. The summed E-state index contributed by atoms with van der Waals surface area (Å²) in [6, 6.07) is 18.0. The van der Waals surface area contributed by atoms with Crippen LogP contribution < -0.4 is 5.73 Å². The molecule has 9 heteroatoms. The van der Waals surface area contributed by atoms with Crippen molar-refractivity contribution in [1.29, 1.82) is 10.5 Å². The topological polar surface area (TPSA) is 73.6 Å². The van der Waals surface area contributed by atoms with E-state index in [1.807, 2.05) is 19.1 Å². The molecule has 0 aromatic heterocycles. The van der Waals surface area contributed by atoms with Gasteiger partial charge in [-0.2, -0.15) is 10.5 Å². The first kappa shape index (κ1) is 34.2. The summed E-state index contributed by atoms with van der Waals surface area (Å²) in [5.41, 5.74) is 13.8. The molecule has 6 rings (SSSR count). The molecule has 3 nitrogen and oxygen atoms in total. The van der Waals surface area contributed by atoms with Gasteiger partial charge in [0.05, 0.1) is 17.7 Å². The van der Waals surface area contributed by atoms with Crippen LogP contribution >= 0.6 is 0 Å². The lowest BCUT2D eigenvalue weighted by Crippen LogP contribution is -2.18. The Bertz CT molecular complexity index is 2250. The largest absolute Gasteiger partial charge is 0.324 e. The molecule has 0 bridgehead atoms. The van der Waals surface area contributed by atoms with Gasteiger partial charge in [0.2, 0.25) is 0 Å². The van der Waals surface area contributed by atoms with Crippen LogP contribution in [0.15, 0.2) is 89.5 Å². The first-order chi connectivity index (χ1) is 24.0. The Morgan fingerprint density at radius 1 is 0.680 bits per heavy atom. The van der Waals surface area contributed by atoms with E-state index >= 15 is 0 Å². The van der Waals surface area contributed by atoms with Crippen molar-refractivity contribution in [2.45, 2.75) is 45.6 Å². The van der Waals surface area contributed by atoms with Crippen molar-refractivity contribution in [3.05, 3.63) is 147 Å². The molecule has 0 saturated heterocycles. The molecule has 0 aliphatic heterocycles. The van der Waals surface area contributed by atoms with Gasteiger partial charge in [-0.1, -0.05) is 49.8 Å². The minimum atomic E-state index is -1.57. The average Bonchev–Trinajstić information content (AvgIpc) is 3.43. The Kier molecular flexibility index (Phi) is 9.38. The SMILES string of the molecule is CCCC(C#N)=C1C2=CC/C(=C(/C#N)C(C)N)c3cc(-c4cc(F)c(F)c(F)c4)ccc3C/C=C\2c2ccc(-c3cc(F)c(F)c(F)c3)cc21. The van der Waals surface area contributed by atoms with E-state index in [-0.39, 0.29) is 23.1 Å². The van der Waals surface area contributed by atoms with Crippen LogP contribution in [0.4, 0.5) is 26.3 Å². The van der Waals surface area contributed by atoms with Crippen LogP contribution in [-0.2, 0) is 6.42 Å². The maximum atomic E-state index is 14.2. The van der Waals surface area contributed by atoms with Gasteiger partial charge in [0.1, 0.15) is 0 Å². The predicted octanol–water partition coefficient (Wildman–Crippen LogP) is 10.5. The van der Waals surface area contributed by atoms with Crippen LogP contribution in [0.2, 0.25) is 0 Å². The highest BCUT2D eigenvalue weighted by Crippen LogP contribution is 2.50. The van der Waals surface area contributed by atoms with Crippen LogP contribution in [0.1, 0.15) is 55.4 Å². The molecule has 2 aliphatic carbocycles. The number of hydrogen-bond acceptors (Lipinski definition) is 3. The number of halogens is 6. The number of nitriles is 2. The number of benzene rings is 4. The van der Waals surface area contributed by atoms with Gasteiger partial charge in [0.25, 0.3) is 0 Å². The van der Waals surface area contributed by atoms with E-state index in [0.717, 1.165) is 46.5 Å². The van der Waals surface area contributed by atoms with Crippen LogP contribution in [0.3, 0.4) is 0 Å². The molecule has 0 fully saturated rings. The van der Waals surface area contributed by atoms with Gasteiger partial charge in [-0.25, -0.2) is 26.3 Å². The molecule has 1 unspecified atom stereocenters. The molecule has 2 aliphatic rings. The van der Waals surface area contributed by atoms with Crippen LogP contribution in [-0.4, -0.2) is 6.04 Å². The summed E-state index contributed by atoms with van der Waals surface area (Å²) in [6.07, 6.45) is 5.54. The number of nitrogens with zero attached hydrogens (tertiary/aromatic N) is 2. The molecule has 4 aromatic rings. The summed E-state index contributed by atoms with van der Waals surface area (Å²) in [7, 11) is 0. The number of rotatable bonds is 5. The monoisotopic (exact) mass is 677 g/mol. The van der Waals surface area contributed by atoms with Gasteiger partial charge in [0, 0.05) is 17.2 Å². The van der Waals surface area contributed by atoms with Crippen molar-refractivity contribution in [3.8, 4) is 34.4 Å². The van der Waals surface area contributed by atoms with Gasteiger partial charge in [-0.15, -0.1) is 0 Å². The Morgan fingerprint density at radius 2 is 1.22 bits per heavy atom. The fraction of sp³-hybridized carbons (Fsp3) is 0.171. The normalized spacial score (nSPS) is 17.3. The van der Waals surface area contributed by atoms with E-state index in [4.69, 9.17) is 5.73 Å². The van der Waals surface area contributed by atoms with E-state index in [1.165, 1.54) is 0 Å². The Morgan fingerprint density at radius 3 is 1.74 bits per heavy atom. The summed E-state index contributed by atoms with van der Waals surface area (Å²) in [5.74, 6) is -8.43. The summed E-state index contributed by atoms with van der Waals surface area (Å²) in [5, 5.41) is 20.6. The fourth-order valence-electron chi connectivity index (χ4n) is 6.72. The third-order valence-corrected chi connectivity index (χ3v) is 9.08. The minimum Gasteiger partial charge on any atom is -0.324 e. The van der Waals surface area contributed by atoms with Gasteiger partial charge in [-0.05, 0) is 124 Å². The predicted molar refractivity (Wildman–Crippen MR) is 182 cm³/mol. The first-order valence-electron chi connectivity index (χ1n) is 16.0. The Hall–Kier alpha value is -5.64. The molecule has 1 atom stereocenters. The Balaban J connectivity index is 1.59. The zero-order valence-corrected chi connectivity index (χ0v) is 27.1. The molecule has 0 heterocycles. The van der Waals surface area contributed by atoms with E-state index in [0.29, 0.717) is 58.2 Å². The first-order valence-corrected chi connectivity index (χ1v) is 16.0. The lowest BCUT2D eigenvalue weighted by Gasteiger charge is -2.17. The standard InChI is InChI=1S/C41H29F6N3/c1-3-4-25(19-48)39-31-12-11-30(34(20-49)21(2)50)32-13-23(26-15-35(42)40(46)36(43)16-26)6-5-22(32)7-9-28(31)29-10-8-24(14-33(29)39)27-17-37(44)41(47)38(45)18-27/h5-6,8-10,12-18,21H,3-4,7,11,50H2,1-2H3/b28-9-,31-12?,34-30+,39-25?. The van der Waals surface area contributed by atoms with Crippen molar-refractivity contribution in [3.63, 3.8) is 0 Å². The van der Waals surface area contributed by atoms with Crippen LogP contribution in [0.25, 0.3) is 39.0 Å². The second-order valence-electron chi connectivity index (χ2n) is 12.3. The van der Waals surface area contributed by atoms with E-state index < -0.39 is 40.9 Å². The highest BCUT2D eigenvalue weighted by molar-refractivity contribution is 6.10. The van der Waals surface area contributed by atoms with Crippen molar-refractivity contribution in [2.75, 3.05) is 0 Å². The minimum absolute atomic E-state index is 0.116. The molecule has 0 radical (unpaired) electrons. The third-order valence-electron chi connectivity index (χ3n) is 9.08. The summed E-state index contributed by atoms with van der Waals surface area (Å²) in [6.45, 7) is 3.62. The molecule has 0 amide bonds. The quantitative estimate of drug-likeness (QED) is 0.130. The van der Waals surface area contributed by atoms with E-state index in [2.05, 4.69) is 12.1 Å². The van der Waals surface area contributed by atoms with Gasteiger partial charge < -0.3 is 5.73 Å². The van der Waals surface area contributed by atoms with E-state index in [9.17, 15) is 36.9 Å². The zero-order chi connectivity index (χ0) is 35.9. The van der Waals surface area contributed by atoms with Gasteiger partial charge in [0.15, 0.2) is 34.9 Å². The summed E-state index contributed by atoms with van der Waals surface area (Å²) >= 11 is 0. The van der Waals surface area contributed by atoms with Crippen molar-refractivity contribution < 1.29 is 26.3 Å². The van der Waals surface area contributed by atoms with Gasteiger partial charge >= 0.3 is 0 Å². The maximum absolute atomic E-state index is 14.2. The Labute approximate surface area is 285 Å². The lowest BCUT2D eigenvalue weighted by molar-refractivity contribution is 0.447. The summed E-state index contributed by atoms with van der Waals surface area (Å²) in [4.78, 5) is 0. The molecule has 2 N–H and O–H groups in total. The number of allylic oxidation sites excluding steroid dienone is 7.